The first-order chi connectivity index (χ1) is 9.49. The van der Waals surface area contributed by atoms with Gasteiger partial charge in [-0.2, -0.15) is 0 Å². The van der Waals surface area contributed by atoms with Crippen LogP contribution < -0.4 is 11.0 Å². The number of aliphatic carboxylic acids is 1. The van der Waals surface area contributed by atoms with Crippen LogP contribution in [0.4, 0.5) is 0 Å². The van der Waals surface area contributed by atoms with Crippen LogP contribution in [-0.4, -0.2) is 43.2 Å². The first-order valence-electron chi connectivity index (χ1n) is 6.80. The molecule has 0 radical (unpaired) electrons. The Kier molecular flexibility index (Phi) is 3.37. The SMILES string of the molecule is CC(CSc1n[nH]c(=O)n1C1CC1)(NC1CC1)C(=O)O. The zero-order valence-electron chi connectivity index (χ0n) is 11.3. The van der Waals surface area contributed by atoms with Crippen LogP contribution in [0.15, 0.2) is 9.95 Å². The maximum Gasteiger partial charge on any atom is 0.344 e. The normalized spacial score (nSPS) is 21.6. The van der Waals surface area contributed by atoms with Crippen LogP contribution in [-0.2, 0) is 4.79 Å². The largest absolute Gasteiger partial charge is 0.480 e. The van der Waals surface area contributed by atoms with Crippen molar-refractivity contribution in [3.8, 4) is 0 Å². The average Bonchev–Trinajstić information content (AvgIpc) is 3.29. The zero-order valence-corrected chi connectivity index (χ0v) is 12.1. The summed E-state index contributed by atoms with van der Waals surface area (Å²) in [4.78, 5) is 23.1. The van der Waals surface area contributed by atoms with Crippen molar-refractivity contribution in [3.05, 3.63) is 10.5 Å². The van der Waals surface area contributed by atoms with Gasteiger partial charge in [-0.25, -0.2) is 9.89 Å². The predicted octanol–water partition coefficient (Wildman–Crippen LogP) is 0.594. The second kappa shape index (κ2) is 4.92. The molecule has 1 aromatic rings. The van der Waals surface area contributed by atoms with Gasteiger partial charge in [0.1, 0.15) is 5.54 Å². The number of H-pyrrole nitrogens is 1. The molecule has 110 valence electrons. The Morgan fingerprint density at radius 3 is 2.80 bits per heavy atom. The minimum absolute atomic E-state index is 0.206. The Bertz CT molecular complexity index is 576. The summed E-state index contributed by atoms with van der Waals surface area (Å²) < 4.78 is 1.64. The van der Waals surface area contributed by atoms with Gasteiger partial charge in [0.15, 0.2) is 5.16 Å². The van der Waals surface area contributed by atoms with Gasteiger partial charge in [0, 0.05) is 17.8 Å². The Hall–Kier alpha value is -1.28. The molecule has 0 aromatic carbocycles. The van der Waals surface area contributed by atoms with Gasteiger partial charge >= 0.3 is 11.7 Å². The third-order valence-electron chi connectivity index (χ3n) is 3.65. The number of carbonyl (C=O) groups is 1. The van der Waals surface area contributed by atoms with Crippen LogP contribution in [0.3, 0.4) is 0 Å². The molecular formula is C12H18N4O3S. The monoisotopic (exact) mass is 298 g/mol. The number of nitrogens with zero attached hydrogens (tertiary/aromatic N) is 2. The molecular weight excluding hydrogens is 280 g/mol. The number of hydrogen-bond acceptors (Lipinski definition) is 5. The summed E-state index contributed by atoms with van der Waals surface area (Å²) in [5, 5.41) is 19.6. The minimum atomic E-state index is -0.991. The lowest BCUT2D eigenvalue weighted by Crippen LogP contribution is -2.52. The molecule has 3 rings (SSSR count). The van der Waals surface area contributed by atoms with E-state index in [-0.39, 0.29) is 11.7 Å². The molecule has 7 nitrogen and oxygen atoms in total. The highest BCUT2D eigenvalue weighted by Gasteiger charge is 2.39. The van der Waals surface area contributed by atoms with Crippen LogP contribution in [0, 0.1) is 0 Å². The molecule has 1 atom stereocenters. The van der Waals surface area contributed by atoms with Gasteiger partial charge in [0.05, 0.1) is 0 Å². The van der Waals surface area contributed by atoms with Gasteiger partial charge in [-0.05, 0) is 32.6 Å². The Balaban J connectivity index is 1.70. The molecule has 8 heteroatoms. The van der Waals surface area contributed by atoms with Gasteiger partial charge in [-0.15, -0.1) is 5.10 Å². The molecule has 0 bridgehead atoms. The molecule has 2 aliphatic carbocycles. The lowest BCUT2D eigenvalue weighted by molar-refractivity contribution is -0.143. The molecule has 20 heavy (non-hydrogen) atoms. The van der Waals surface area contributed by atoms with Crippen molar-refractivity contribution >= 4 is 17.7 Å². The highest BCUT2D eigenvalue weighted by Crippen LogP contribution is 2.36. The number of rotatable bonds is 7. The topological polar surface area (TPSA) is 100 Å². The maximum atomic E-state index is 11.7. The summed E-state index contributed by atoms with van der Waals surface area (Å²) in [5.41, 5.74) is -1.20. The van der Waals surface area contributed by atoms with Crippen molar-refractivity contribution in [2.75, 3.05) is 5.75 Å². The van der Waals surface area contributed by atoms with E-state index >= 15 is 0 Å². The molecule has 1 unspecified atom stereocenters. The van der Waals surface area contributed by atoms with E-state index in [1.165, 1.54) is 11.8 Å². The Labute approximate surface area is 120 Å². The van der Waals surface area contributed by atoms with Crippen molar-refractivity contribution in [1.29, 1.82) is 0 Å². The maximum absolute atomic E-state index is 11.7. The summed E-state index contributed by atoms with van der Waals surface area (Å²) in [6.45, 7) is 1.69. The highest BCUT2D eigenvalue weighted by molar-refractivity contribution is 7.99. The number of aromatic amines is 1. The van der Waals surface area contributed by atoms with Crippen molar-refractivity contribution in [1.82, 2.24) is 20.1 Å². The quantitative estimate of drug-likeness (QED) is 0.637. The summed E-state index contributed by atoms with van der Waals surface area (Å²) in [6.07, 6.45) is 4.04. The standard InChI is InChI=1S/C12H18N4O3S/c1-12(9(17)18,13-7-2-3-7)6-20-11-15-14-10(19)16(11)8-4-5-8/h7-8,13H,2-6H2,1H3,(H,14,19)(H,17,18). The minimum Gasteiger partial charge on any atom is -0.480 e. The molecule has 2 saturated carbocycles. The molecule has 1 heterocycles. The van der Waals surface area contributed by atoms with Gasteiger partial charge in [0.25, 0.3) is 0 Å². The number of hydrogen-bond donors (Lipinski definition) is 3. The highest BCUT2D eigenvalue weighted by atomic mass is 32.2. The molecule has 3 N–H and O–H groups in total. The molecule has 2 fully saturated rings. The van der Waals surface area contributed by atoms with E-state index in [4.69, 9.17) is 0 Å². The molecule has 0 spiro atoms. The van der Waals surface area contributed by atoms with E-state index in [2.05, 4.69) is 15.5 Å². The summed E-state index contributed by atoms with van der Waals surface area (Å²) in [5.74, 6) is -0.525. The molecule has 0 aliphatic heterocycles. The number of aromatic nitrogens is 3. The van der Waals surface area contributed by atoms with Crippen molar-refractivity contribution in [3.63, 3.8) is 0 Å². The van der Waals surface area contributed by atoms with Crippen LogP contribution in [0.25, 0.3) is 0 Å². The summed E-state index contributed by atoms with van der Waals surface area (Å²) >= 11 is 1.32. The summed E-state index contributed by atoms with van der Waals surface area (Å²) in [7, 11) is 0. The molecule has 1 aromatic heterocycles. The van der Waals surface area contributed by atoms with Crippen LogP contribution in [0.1, 0.15) is 38.6 Å². The zero-order chi connectivity index (χ0) is 14.3. The number of carboxylic acid groups (broad SMARTS) is 1. The smallest absolute Gasteiger partial charge is 0.344 e. The predicted molar refractivity (Wildman–Crippen MR) is 74.0 cm³/mol. The molecule has 0 amide bonds. The van der Waals surface area contributed by atoms with Crippen LogP contribution in [0.2, 0.25) is 0 Å². The van der Waals surface area contributed by atoms with E-state index in [0.717, 1.165) is 25.7 Å². The lowest BCUT2D eigenvalue weighted by Gasteiger charge is -2.25. The van der Waals surface area contributed by atoms with E-state index in [0.29, 0.717) is 17.0 Å². The number of thioether (sulfide) groups is 1. The fourth-order valence-corrected chi connectivity index (χ4v) is 3.20. The van der Waals surface area contributed by atoms with Crippen molar-refractivity contribution in [2.45, 2.75) is 55.4 Å². The molecule has 2 aliphatic rings. The van der Waals surface area contributed by atoms with Crippen LogP contribution in [0.5, 0.6) is 0 Å². The van der Waals surface area contributed by atoms with E-state index in [9.17, 15) is 14.7 Å². The first-order valence-corrected chi connectivity index (χ1v) is 7.79. The van der Waals surface area contributed by atoms with Gasteiger partial charge in [-0.1, -0.05) is 11.8 Å². The summed E-state index contributed by atoms with van der Waals surface area (Å²) in [6, 6.07) is 0.540. The van der Waals surface area contributed by atoms with Gasteiger partial charge in [-0.3, -0.25) is 14.7 Å². The van der Waals surface area contributed by atoms with Crippen molar-refractivity contribution < 1.29 is 9.90 Å². The second-order valence-corrected chi connectivity index (χ2v) is 6.70. The van der Waals surface area contributed by atoms with Crippen molar-refractivity contribution in [2.24, 2.45) is 0 Å². The fourth-order valence-electron chi connectivity index (χ4n) is 2.10. The van der Waals surface area contributed by atoms with E-state index in [1.54, 1.807) is 11.5 Å². The first kappa shape index (κ1) is 13.7. The van der Waals surface area contributed by atoms with E-state index in [1.807, 2.05) is 0 Å². The lowest BCUT2D eigenvalue weighted by atomic mass is 10.1. The molecule has 0 saturated heterocycles. The average molecular weight is 298 g/mol. The van der Waals surface area contributed by atoms with Gasteiger partial charge < -0.3 is 5.11 Å². The number of nitrogens with one attached hydrogen (secondary N) is 2. The third kappa shape index (κ3) is 2.76. The van der Waals surface area contributed by atoms with Crippen LogP contribution >= 0.6 is 11.8 Å². The number of carboxylic acids is 1. The Morgan fingerprint density at radius 1 is 1.55 bits per heavy atom. The van der Waals surface area contributed by atoms with E-state index < -0.39 is 11.5 Å². The second-order valence-electron chi connectivity index (χ2n) is 5.76. The fraction of sp³-hybridized carbons (Fsp3) is 0.750. The van der Waals surface area contributed by atoms with Gasteiger partial charge in [0.2, 0.25) is 0 Å². The Morgan fingerprint density at radius 2 is 2.25 bits per heavy atom. The third-order valence-corrected chi connectivity index (χ3v) is 4.91.